The van der Waals surface area contributed by atoms with Crippen LogP contribution in [-0.2, 0) is 0 Å². The van der Waals surface area contributed by atoms with Gasteiger partial charge in [-0.3, -0.25) is 4.79 Å². The largest absolute Gasteiger partial charge is 0.320 e. The Morgan fingerprint density at radius 1 is 1.19 bits per heavy atom. The Morgan fingerprint density at radius 2 is 1.95 bits per heavy atom. The number of nitrogens with one attached hydrogen (secondary N) is 1. The van der Waals surface area contributed by atoms with Crippen LogP contribution >= 0.6 is 39.0 Å². The standard InChI is InChI=1S/C16H16BrNOS2/c17-15-10-9-14(21-15)16(19)18-12-7-3-4-8-13(12)20-11-5-1-2-6-11/h3-4,7-11H,1-2,5-6H2,(H,18,19). The van der Waals surface area contributed by atoms with Crippen molar-refractivity contribution in [2.24, 2.45) is 0 Å². The van der Waals surface area contributed by atoms with E-state index in [1.807, 2.05) is 42.1 Å². The quantitative estimate of drug-likeness (QED) is 0.724. The summed E-state index contributed by atoms with van der Waals surface area (Å²) >= 11 is 6.74. The van der Waals surface area contributed by atoms with Gasteiger partial charge in [0.15, 0.2) is 0 Å². The first kappa shape index (κ1) is 15.1. The van der Waals surface area contributed by atoms with Crippen molar-refractivity contribution < 1.29 is 4.79 Å². The number of benzene rings is 1. The van der Waals surface area contributed by atoms with Gasteiger partial charge < -0.3 is 5.32 Å². The van der Waals surface area contributed by atoms with Crippen LogP contribution in [0.25, 0.3) is 0 Å². The maximum Gasteiger partial charge on any atom is 0.265 e. The molecule has 0 atom stereocenters. The molecule has 3 rings (SSSR count). The molecule has 1 fully saturated rings. The molecule has 0 bridgehead atoms. The number of hydrogen-bond donors (Lipinski definition) is 1. The Kier molecular flexibility index (Phi) is 5.03. The number of thiophene rings is 1. The summed E-state index contributed by atoms with van der Waals surface area (Å²) in [4.78, 5) is 14.2. The van der Waals surface area contributed by atoms with Crippen molar-refractivity contribution in [1.29, 1.82) is 0 Å². The van der Waals surface area contributed by atoms with E-state index in [4.69, 9.17) is 0 Å². The molecule has 0 unspecified atom stereocenters. The van der Waals surface area contributed by atoms with E-state index in [-0.39, 0.29) is 5.91 Å². The molecule has 1 saturated carbocycles. The Hall–Kier alpha value is -0.780. The molecule has 1 aromatic heterocycles. The fourth-order valence-electron chi connectivity index (χ4n) is 2.48. The number of hydrogen-bond acceptors (Lipinski definition) is 3. The maximum absolute atomic E-state index is 12.3. The van der Waals surface area contributed by atoms with Gasteiger partial charge in [0.25, 0.3) is 5.91 Å². The molecule has 5 heteroatoms. The van der Waals surface area contributed by atoms with Crippen molar-refractivity contribution in [2.75, 3.05) is 5.32 Å². The number of anilines is 1. The van der Waals surface area contributed by atoms with E-state index in [9.17, 15) is 4.79 Å². The molecule has 2 aromatic rings. The second-order valence-electron chi connectivity index (χ2n) is 5.08. The lowest BCUT2D eigenvalue weighted by molar-refractivity contribution is 0.103. The molecule has 2 nitrogen and oxygen atoms in total. The SMILES string of the molecule is O=C(Nc1ccccc1SC1CCCC1)c1ccc(Br)s1. The van der Waals surface area contributed by atoms with Gasteiger partial charge in [-0.25, -0.2) is 0 Å². The highest BCUT2D eigenvalue weighted by atomic mass is 79.9. The molecular formula is C16H16BrNOS2. The van der Waals surface area contributed by atoms with Gasteiger partial charge in [0, 0.05) is 10.1 Å². The van der Waals surface area contributed by atoms with Crippen molar-refractivity contribution >= 4 is 50.6 Å². The molecular weight excluding hydrogens is 366 g/mol. The van der Waals surface area contributed by atoms with Crippen LogP contribution in [0.2, 0.25) is 0 Å². The lowest BCUT2D eigenvalue weighted by Gasteiger charge is -2.13. The Bertz CT molecular complexity index is 635. The molecule has 0 radical (unpaired) electrons. The summed E-state index contributed by atoms with van der Waals surface area (Å²) in [5.41, 5.74) is 0.920. The number of rotatable bonds is 4. The first-order valence-electron chi connectivity index (χ1n) is 7.05. The number of carbonyl (C=O) groups excluding carboxylic acids is 1. The lowest BCUT2D eigenvalue weighted by atomic mass is 10.3. The smallest absolute Gasteiger partial charge is 0.265 e. The highest BCUT2D eigenvalue weighted by Crippen LogP contribution is 2.38. The second-order valence-corrected chi connectivity index (χ2v) is 8.88. The van der Waals surface area contributed by atoms with Crippen LogP contribution in [-0.4, -0.2) is 11.2 Å². The van der Waals surface area contributed by atoms with Crippen molar-refractivity contribution in [1.82, 2.24) is 0 Å². The van der Waals surface area contributed by atoms with Crippen LogP contribution in [0.5, 0.6) is 0 Å². The molecule has 0 spiro atoms. The van der Waals surface area contributed by atoms with Gasteiger partial charge in [0.2, 0.25) is 0 Å². The third-order valence-corrected chi connectivity index (χ3v) is 6.57. The lowest BCUT2D eigenvalue weighted by Crippen LogP contribution is -2.11. The van der Waals surface area contributed by atoms with Crippen LogP contribution in [0.1, 0.15) is 35.4 Å². The normalized spacial score (nSPS) is 15.3. The van der Waals surface area contributed by atoms with Crippen LogP contribution in [0.4, 0.5) is 5.69 Å². The minimum Gasteiger partial charge on any atom is -0.320 e. The summed E-state index contributed by atoms with van der Waals surface area (Å²) in [6.07, 6.45) is 5.22. The van der Waals surface area contributed by atoms with Gasteiger partial charge in [-0.15, -0.1) is 23.1 Å². The molecule has 1 aliphatic rings. The third kappa shape index (κ3) is 3.90. The average Bonchev–Trinajstić information content (AvgIpc) is 3.12. The first-order valence-corrected chi connectivity index (χ1v) is 9.53. The third-order valence-electron chi connectivity index (χ3n) is 3.53. The molecule has 1 heterocycles. The Balaban J connectivity index is 1.73. The van der Waals surface area contributed by atoms with Gasteiger partial charge in [-0.1, -0.05) is 25.0 Å². The average molecular weight is 382 g/mol. The van der Waals surface area contributed by atoms with E-state index in [2.05, 4.69) is 27.3 Å². The number of para-hydroxylation sites is 1. The Morgan fingerprint density at radius 3 is 2.67 bits per heavy atom. The first-order chi connectivity index (χ1) is 10.2. The zero-order valence-corrected chi connectivity index (χ0v) is 14.7. The number of amides is 1. The highest BCUT2D eigenvalue weighted by Gasteiger charge is 2.18. The number of carbonyl (C=O) groups is 1. The number of thioether (sulfide) groups is 1. The fourth-order valence-corrected chi connectivity index (χ4v) is 5.09. The van der Waals surface area contributed by atoms with Crippen molar-refractivity contribution in [3.8, 4) is 0 Å². The van der Waals surface area contributed by atoms with E-state index in [0.29, 0.717) is 5.25 Å². The summed E-state index contributed by atoms with van der Waals surface area (Å²) in [5.74, 6) is -0.0369. The van der Waals surface area contributed by atoms with E-state index >= 15 is 0 Å². The summed E-state index contributed by atoms with van der Waals surface area (Å²) in [7, 11) is 0. The molecule has 110 valence electrons. The predicted molar refractivity (Wildman–Crippen MR) is 94.5 cm³/mol. The van der Waals surface area contributed by atoms with Crippen molar-refractivity contribution in [2.45, 2.75) is 35.8 Å². The summed E-state index contributed by atoms with van der Waals surface area (Å²) in [5, 5.41) is 3.74. The molecule has 21 heavy (non-hydrogen) atoms. The zero-order chi connectivity index (χ0) is 14.7. The monoisotopic (exact) mass is 381 g/mol. The van der Waals surface area contributed by atoms with Crippen LogP contribution < -0.4 is 5.32 Å². The van der Waals surface area contributed by atoms with Crippen molar-refractivity contribution in [3.05, 3.63) is 45.1 Å². The van der Waals surface area contributed by atoms with E-state index in [0.717, 1.165) is 14.4 Å². The summed E-state index contributed by atoms with van der Waals surface area (Å²) < 4.78 is 0.973. The zero-order valence-electron chi connectivity index (χ0n) is 11.5. The predicted octanol–water partition coefficient (Wildman–Crippen LogP) is 5.80. The molecule has 1 amide bonds. The van der Waals surface area contributed by atoms with Gasteiger partial charge in [0.05, 0.1) is 14.4 Å². The number of halogens is 1. The van der Waals surface area contributed by atoms with Gasteiger partial charge in [-0.05, 0) is 53.0 Å². The minimum atomic E-state index is -0.0369. The Labute approximate surface area is 141 Å². The van der Waals surface area contributed by atoms with Crippen LogP contribution in [0.3, 0.4) is 0 Å². The fraction of sp³-hybridized carbons (Fsp3) is 0.312. The van der Waals surface area contributed by atoms with E-state index in [1.165, 1.54) is 41.9 Å². The summed E-state index contributed by atoms with van der Waals surface area (Å²) in [6, 6.07) is 11.8. The molecule has 0 aliphatic heterocycles. The minimum absolute atomic E-state index is 0.0369. The molecule has 1 aliphatic carbocycles. The molecule has 1 N–H and O–H groups in total. The topological polar surface area (TPSA) is 29.1 Å². The summed E-state index contributed by atoms with van der Waals surface area (Å²) in [6.45, 7) is 0. The van der Waals surface area contributed by atoms with Crippen LogP contribution in [0.15, 0.2) is 45.1 Å². The van der Waals surface area contributed by atoms with E-state index < -0.39 is 0 Å². The highest BCUT2D eigenvalue weighted by molar-refractivity contribution is 9.11. The van der Waals surface area contributed by atoms with Gasteiger partial charge >= 0.3 is 0 Å². The second kappa shape index (κ2) is 6.99. The van der Waals surface area contributed by atoms with Crippen LogP contribution in [0, 0.1) is 0 Å². The van der Waals surface area contributed by atoms with Crippen molar-refractivity contribution in [3.63, 3.8) is 0 Å². The van der Waals surface area contributed by atoms with Gasteiger partial charge in [0.1, 0.15) is 0 Å². The molecule has 0 saturated heterocycles. The molecule has 1 aromatic carbocycles. The van der Waals surface area contributed by atoms with Gasteiger partial charge in [-0.2, -0.15) is 0 Å². The van der Waals surface area contributed by atoms with E-state index in [1.54, 1.807) is 0 Å². The maximum atomic E-state index is 12.3.